The Morgan fingerprint density at radius 3 is 1.41 bits per heavy atom. The molecule has 0 saturated carbocycles. The fourth-order valence-corrected chi connectivity index (χ4v) is 1.49. The molecule has 0 spiro atoms. The first-order chi connectivity index (χ1) is 9.65. The Bertz CT molecular complexity index is 289. The number of rotatable bonds is 9. The minimum Gasteiger partial charge on any atom is -0.750 e. The van der Waals surface area contributed by atoms with Gasteiger partial charge in [0.1, 0.15) is 0 Å². The van der Waals surface area contributed by atoms with E-state index < -0.39 is 21.8 Å². The van der Waals surface area contributed by atoms with Crippen LogP contribution in [-0.4, -0.2) is 30.8 Å². The second-order valence-corrected chi connectivity index (χ2v) is 5.68. The van der Waals surface area contributed by atoms with Gasteiger partial charge in [0.15, 0.2) is 0 Å². The van der Waals surface area contributed by atoms with Crippen molar-refractivity contribution in [1.29, 1.82) is 0 Å². The molecule has 0 saturated heterocycles. The summed E-state index contributed by atoms with van der Waals surface area (Å²) in [5.74, 6) is 0. The molecular formula is C12H28NaO7S2-. The molecule has 0 aromatic rings. The largest absolute Gasteiger partial charge is 1.00 e. The third kappa shape index (κ3) is 84.3. The first kappa shape index (κ1) is 30.8. The Balaban J connectivity index is -0.000000135. The van der Waals surface area contributed by atoms with Crippen molar-refractivity contribution in [3.8, 4) is 0 Å². The van der Waals surface area contributed by atoms with Crippen molar-refractivity contribution in [1.82, 2.24) is 0 Å². The van der Waals surface area contributed by atoms with E-state index in [0.717, 1.165) is 6.42 Å². The van der Waals surface area contributed by atoms with E-state index in [0.29, 0.717) is 0 Å². The minimum absolute atomic E-state index is 0. The van der Waals surface area contributed by atoms with E-state index in [4.69, 9.17) is 30.8 Å². The van der Waals surface area contributed by atoms with Gasteiger partial charge in [0.05, 0.1) is 11.4 Å². The second kappa shape index (κ2) is 24.2. The van der Waals surface area contributed by atoms with Gasteiger partial charge >= 0.3 is 40.0 Å². The van der Waals surface area contributed by atoms with Crippen LogP contribution < -0.4 is 29.6 Å². The standard InChI is InChI=1S/C12H25.Na.H2O4S.H2O3S/c1-3-5-7-9-11-12-10-8-6-4-2;;1-5(2,3)4;1-4(2)3/h1,3-12H2,2H3;;(H2,1,2,3,4);(H2,1,2,3)/q-1;+1;;/p-1. The Labute approximate surface area is 159 Å². The molecule has 0 aliphatic heterocycles. The van der Waals surface area contributed by atoms with E-state index >= 15 is 0 Å². The Kier molecular flexibility index (Phi) is 33.9. The zero-order valence-corrected chi connectivity index (χ0v) is 17.2. The van der Waals surface area contributed by atoms with E-state index in [1.54, 1.807) is 0 Å². The van der Waals surface area contributed by atoms with Gasteiger partial charge in [-0.25, -0.2) is 4.21 Å². The van der Waals surface area contributed by atoms with Crippen LogP contribution in [0.5, 0.6) is 0 Å². The van der Waals surface area contributed by atoms with Crippen molar-refractivity contribution >= 4 is 21.8 Å². The van der Waals surface area contributed by atoms with Gasteiger partial charge in [-0.1, -0.05) is 64.7 Å². The van der Waals surface area contributed by atoms with Crippen molar-refractivity contribution in [2.75, 3.05) is 0 Å². The maximum atomic E-state index is 8.74. The van der Waals surface area contributed by atoms with Crippen molar-refractivity contribution in [3.05, 3.63) is 6.92 Å². The maximum Gasteiger partial charge on any atom is 1.00 e. The average molecular weight is 371 g/mol. The van der Waals surface area contributed by atoms with Crippen LogP contribution in [-0.2, 0) is 21.8 Å². The fourth-order valence-electron chi connectivity index (χ4n) is 1.49. The van der Waals surface area contributed by atoms with Gasteiger partial charge in [-0.05, 0) is 0 Å². The van der Waals surface area contributed by atoms with E-state index in [1.165, 1.54) is 57.8 Å². The summed E-state index contributed by atoms with van der Waals surface area (Å²) in [6, 6.07) is 0. The zero-order valence-electron chi connectivity index (χ0n) is 13.6. The molecule has 0 heterocycles. The van der Waals surface area contributed by atoms with Gasteiger partial charge in [-0.3, -0.25) is 9.11 Å². The maximum absolute atomic E-state index is 8.74. The molecule has 1 atom stereocenters. The van der Waals surface area contributed by atoms with Crippen LogP contribution >= 0.6 is 0 Å². The molecular weight excluding hydrogens is 343 g/mol. The average Bonchev–Trinajstić information content (AvgIpc) is 2.30. The number of hydrogen-bond acceptors (Lipinski definition) is 4. The Morgan fingerprint density at radius 2 is 1.18 bits per heavy atom. The van der Waals surface area contributed by atoms with Crippen molar-refractivity contribution in [3.63, 3.8) is 0 Å². The quantitative estimate of drug-likeness (QED) is 0.176. The summed E-state index contributed by atoms with van der Waals surface area (Å²) in [6.07, 6.45) is 13.9. The van der Waals surface area contributed by atoms with Crippen LogP contribution in [0.3, 0.4) is 0 Å². The van der Waals surface area contributed by atoms with E-state index in [9.17, 15) is 0 Å². The summed E-state index contributed by atoms with van der Waals surface area (Å²) < 4.78 is 55.7. The van der Waals surface area contributed by atoms with Crippen LogP contribution in [0.25, 0.3) is 0 Å². The predicted octanol–water partition coefficient (Wildman–Crippen LogP) is 0.431. The second-order valence-electron chi connectivity index (χ2n) is 4.35. The third-order valence-corrected chi connectivity index (χ3v) is 2.35. The number of unbranched alkanes of at least 4 members (excludes halogenated alkanes) is 9. The Morgan fingerprint density at radius 1 is 0.955 bits per heavy atom. The molecule has 0 aromatic heterocycles. The molecule has 0 aromatic carbocycles. The van der Waals surface area contributed by atoms with Crippen LogP contribution in [0.4, 0.5) is 0 Å². The van der Waals surface area contributed by atoms with Crippen LogP contribution in [0, 0.1) is 6.92 Å². The molecule has 10 heteroatoms. The minimum atomic E-state index is -4.67. The predicted molar refractivity (Wildman–Crippen MR) is 82.9 cm³/mol. The molecule has 0 aliphatic carbocycles. The monoisotopic (exact) mass is 371 g/mol. The van der Waals surface area contributed by atoms with Gasteiger partial charge in [-0.2, -0.15) is 14.8 Å². The van der Waals surface area contributed by atoms with Crippen molar-refractivity contribution < 1.29 is 60.4 Å². The third-order valence-electron chi connectivity index (χ3n) is 2.35. The molecule has 7 nitrogen and oxygen atoms in total. The summed E-state index contributed by atoms with van der Waals surface area (Å²) >= 11 is -2.86. The molecule has 0 amide bonds. The van der Waals surface area contributed by atoms with Gasteiger partial charge in [-0.15, -0.1) is 0 Å². The molecule has 0 bridgehead atoms. The first-order valence-electron chi connectivity index (χ1n) is 6.92. The SMILES string of the molecule is O=S(=O)(O)O.O=S([O-])O.[CH2-]CCCCCCCCCCC.[Na+]. The van der Waals surface area contributed by atoms with Gasteiger partial charge in [0.2, 0.25) is 0 Å². The molecule has 132 valence electrons. The molecule has 22 heavy (non-hydrogen) atoms. The summed E-state index contributed by atoms with van der Waals surface area (Å²) in [4.78, 5) is 0. The first-order valence-corrected chi connectivity index (χ1v) is 9.35. The zero-order chi connectivity index (χ0) is 17.1. The van der Waals surface area contributed by atoms with Crippen LogP contribution in [0.2, 0.25) is 0 Å². The van der Waals surface area contributed by atoms with Crippen molar-refractivity contribution in [2.45, 2.75) is 71.1 Å². The summed E-state index contributed by atoms with van der Waals surface area (Å²) in [7, 11) is -4.67. The summed E-state index contributed by atoms with van der Waals surface area (Å²) in [5.41, 5.74) is 0. The van der Waals surface area contributed by atoms with Crippen molar-refractivity contribution in [2.24, 2.45) is 0 Å². The van der Waals surface area contributed by atoms with Gasteiger partial charge in [0.25, 0.3) is 0 Å². The molecule has 0 fully saturated rings. The van der Waals surface area contributed by atoms with E-state index in [-0.39, 0.29) is 29.6 Å². The molecule has 1 unspecified atom stereocenters. The van der Waals surface area contributed by atoms with E-state index in [1.807, 2.05) is 0 Å². The summed E-state index contributed by atoms with van der Waals surface area (Å²) in [6.45, 7) is 6.12. The number of hydrogen-bond donors (Lipinski definition) is 3. The molecule has 0 radical (unpaired) electrons. The van der Waals surface area contributed by atoms with Crippen LogP contribution in [0.1, 0.15) is 71.1 Å². The van der Waals surface area contributed by atoms with E-state index in [2.05, 4.69) is 13.8 Å². The Hall–Kier alpha value is 0.940. The molecule has 0 aliphatic rings. The summed E-state index contributed by atoms with van der Waals surface area (Å²) in [5, 5.41) is 0. The fraction of sp³-hybridized carbons (Fsp3) is 0.917. The topological polar surface area (TPSA) is 135 Å². The smallest absolute Gasteiger partial charge is 0.750 e. The van der Waals surface area contributed by atoms with Gasteiger partial charge in [0, 0.05) is 0 Å². The normalized spacial score (nSPS) is 11.2. The van der Waals surface area contributed by atoms with Crippen LogP contribution in [0.15, 0.2) is 0 Å². The molecule has 3 N–H and O–H groups in total. The van der Waals surface area contributed by atoms with Gasteiger partial charge < -0.3 is 16.0 Å². The molecule has 0 rings (SSSR count).